The van der Waals surface area contributed by atoms with Crippen molar-refractivity contribution in [3.8, 4) is 22.8 Å². The third-order valence-corrected chi connectivity index (χ3v) is 6.55. The van der Waals surface area contributed by atoms with Crippen LogP contribution in [0.2, 0.25) is 5.02 Å². The number of hydrogen-bond acceptors (Lipinski definition) is 5. The number of ether oxygens (including phenoxy) is 2. The zero-order chi connectivity index (χ0) is 27.7. The van der Waals surface area contributed by atoms with Crippen molar-refractivity contribution in [2.45, 2.75) is 13.2 Å². The fraction of sp³-hybridized carbons (Fsp3) is 0.179. The van der Waals surface area contributed by atoms with E-state index in [4.69, 9.17) is 21.1 Å². The molecule has 1 aliphatic rings. The number of carboxylic acids is 1. The van der Waals surface area contributed by atoms with Gasteiger partial charge in [-0.15, -0.1) is 0 Å². The summed E-state index contributed by atoms with van der Waals surface area (Å²) >= 11 is 6.20. The molecule has 0 fully saturated rings. The second-order valence-electron chi connectivity index (χ2n) is 8.85. The highest BCUT2D eigenvalue weighted by molar-refractivity contribution is 6.31. The van der Waals surface area contributed by atoms with Crippen LogP contribution in [0.5, 0.6) is 11.5 Å². The molecule has 0 spiro atoms. The first kappa shape index (κ1) is 26.2. The standard InChI is InChI=1S/C28H22ClF2N3O5/c1-33-26-19-13-18(29)7-9-23(19)39-15-20(26)25(32-33)27(35)34(14-17-4-2-3-5-21(17)30)10-11-38-24-12-16(28(36)37)6-8-22(24)31/h2-9,12-13H,10-11,14-15H2,1H3,(H,36,37). The lowest BCUT2D eigenvalue weighted by molar-refractivity contribution is 0.0695. The lowest BCUT2D eigenvalue weighted by Gasteiger charge is -2.24. The maximum Gasteiger partial charge on any atom is 0.335 e. The van der Waals surface area contributed by atoms with E-state index in [9.17, 15) is 23.5 Å². The fourth-order valence-corrected chi connectivity index (χ4v) is 4.60. The van der Waals surface area contributed by atoms with Crippen LogP contribution in [-0.4, -0.2) is 44.8 Å². The molecule has 1 amide bonds. The number of hydrogen-bond donors (Lipinski definition) is 1. The van der Waals surface area contributed by atoms with Crippen LogP contribution in [0.25, 0.3) is 11.3 Å². The molecule has 8 nitrogen and oxygen atoms in total. The van der Waals surface area contributed by atoms with Crippen LogP contribution >= 0.6 is 11.6 Å². The van der Waals surface area contributed by atoms with Gasteiger partial charge in [0, 0.05) is 35.3 Å². The van der Waals surface area contributed by atoms with Gasteiger partial charge in [-0.3, -0.25) is 9.48 Å². The van der Waals surface area contributed by atoms with Crippen molar-refractivity contribution in [1.29, 1.82) is 0 Å². The highest BCUT2D eigenvalue weighted by Gasteiger charge is 2.31. The maximum atomic E-state index is 14.5. The summed E-state index contributed by atoms with van der Waals surface area (Å²) in [5, 5.41) is 14.1. The van der Waals surface area contributed by atoms with Gasteiger partial charge in [0.1, 0.15) is 24.8 Å². The van der Waals surface area contributed by atoms with Crippen molar-refractivity contribution in [2.75, 3.05) is 13.2 Å². The van der Waals surface area contributed by atoms with Gasteiger partial charge >= 0.3 is 5.97 Å². The number of amides is 1. The Morgan fingerprint density at radius 2 is 1.92 bits per heavy atom. The molecule has 0 aliphatic carbocycles. The highest BCUT2D eigenvalue weighted by Crippen LogP contribution is 2.40. The summed E-state index contributed by atoms with van der Waals surface area (Å²) in [5.41, 5.74) is 2.16. The van der Waals surface area contributed by atoms with Crippen LogP contribution in [0.15, 0.2) is 60.7 Å². The molecule has 3 aromatic carbocycles. The molecular formula is C28H22ClF2N3O5. The summed E-state index contributed by atoms with van der Waals surface area (Å²) in [4.78, 5) is 26.4. The van der Waals surface area contributed by atoms with Crippen molar-refractivity contribution in [1.82, 2.24) is 14.7 Å². The molecule has 0 unspecified atom stereocenters. The van der Waals surface area contributed by atoms with Crippen molar-refractivity contribution >= 4 is 23.5 Å². The smallest absolute Gasteiger partial charge is 0.335 e. The average molecular weight is 554 g/mol. The van der Waals surface area contributed by atoms with E-state index in [2.05, 4.69) is 5.10 Å². The predicted octanol–water partition coefficient (Wildman–Crippen LogP) is 5.33. The summed E-state index contributed by atoms with van der Waals surface area (Å²) in [7, 11) is 1.70. The monoisotopic (exact) mass is 553 g/mol. The minimum Gasteiger partial charge on any atom is -0.489 e. The normalized spacial score (nSPS) is 11.8. The molecule has 1 N–H and O–H groups in total. The molecule has 5 rings (SSSR count). The number of aryl methyl sites for hydroxylation is 1. The molecule has 1 aliphatic heterocycles. The van der Waals surface area contributed by atoms with Gasteiger partial charge in [-0.1, -0.05) is 29.8 Å². The van der Waals surface area contributed by atoms with Gasteiger partial charge in [-0.25, -0.2) is 13.6 Å². The van der Waals surface area contributed by atoms with E-state index in [1.165, 1.54) is 11.0 Å². The van der Waals surface area contributed by atoms with E-state index >= 15 is 0 Å². The second-order valence-corrected chi connectivity index (χ2v) is 9.28. The molecule has 1 aromatic heterocycles. The fourth-order valence-electron chi connectivity index (χ4n) is 4.42. The molecule has 39 heavy (non-hydrogen) atoms. The average Bonchev–Trinajstić information content (AvgIpc) is 3.26. The third kappa shape index (κ3) is 5.28. The van der Waals surface area contributed by atoms with Gasteiger partial charge in [-0.05, 0) is 42.5 Å². The Balaban J connectivity index is 1.44. The van der Waals surface area contributed by atoms with Gasteiger partial charge in [0.05, 0.1) is 17.8 Å². The highest BCUT2D eigenvalue weighted by atomic mass is 35.5. The van der Waals surface area contributed by atoms with Crippen LogP contribution in [0.4, 0.5) is 8.78 Å². The lowest BCUT2D eigenvalue weighted by atomic mass is 10.0. The van der Waals surface area contributed by atoms with E-state index in [1.807, 2.05) is 0 Å². The number of carbonyl (C=O) groups is 2. The van der Waals surface area contributed by atoms with Crippen molar-refractivity contribution in [3.05, 3.63) is 99.7 Å². The van der Waals surface area contributed by atoms with E-state index in [-0.39, 0.29) is 48.9 Å². The van der Waals surface area contributed by atoms with Gasteiger partial charge in [0.25, 0.3) is 5.91 Å². The van der Waals surface area contributed by atoms with Gasteiger partial charge < -0.3 is 19.5 Å². The Kier molecular flexibility index (Phi) is 7.21. The first-order chi connectivity index (χ1) is 18.7. The molecule has 0 saturated carbocycles. The number of aromatic carboxylic acids is 1. The molecular weight excluding hydrogens is 532 g/mol. The number of halogens is 3. The Morgan fingerprint density at radius 3 is 2.69 bits per heavy atom. The SMILES string of the molecule is Cn1nc(C(=O)N(CCOc2cc(C(=O)O)ccc2F)Cc2ccccc2F)c2c1-c1cc(Cl)ccc1OC2. The Morgan fingerprint density at radius 1 is 1.13 bits per heavy atom. The molecule has 200 valence electrons. The molecule has 0 bridgehead atoms. The van der Waals surface area contributed by atoms with E-state index in [0.717, 1.165) is 18.2 Å². The summed E-state index contributed by atoms with van der Waals surface area (Å²) in [6, 6.07) is 14.4. The quantitative estimate of drug-likeness (QED) is 0.317. The Bertz CT molecular complexity index is 1590. The van der Waals surface area contributed by atoms with Crippen molar-refractivity contribution < 1.29 is 33.0 Å². The van der Waals surface area contributed by atoms with Crippen LogP contribution in [0, 0.1) is 11.6 Å². The minimum absolute atomic E-state index is 0.0709. The molecule has 0 radical (unpaired) electrons. The van der Waals surface area contributed by atoms with Gasteiger partial charge in [0.2, 0.25) is 0 Å². The molecule has 0 atom stereocenters. The number of benzene rings is 3. The van der Waals surface area contributed by atoms with Crippen LogP contribution < -0.4 is 9.47 Å². The Hall–Kier alpha value is -4.44. The molecule has 4 aromatic rings. The van der Waals surface area contributed by atoms with Gasteiger partial charge in [0.15, 0.2) is 17.3 Å². The van der Waals surface area contributed by atoms with E-state index < -0.39 is 23.5 Å². The number of fused-ring (bicyclic) bond motifs is 3. The second kappa shape index (κ2) is 10.7. The first-order valence-electron chi connectivity index (χ1n) is 11.9. The van der Waals surface area contributed by atoms with Crippen LogP contribution in [0.1, 0.15) is 32.0 Å². The zero-order valence-corrected chi connectivity index (χ0v) is 21.4. The third-order valence-electron chi connectivity index (χ3n) is 6.32. The van der Waals surface area contributed by atoms with Crippen molar-refractivity contribution in [2.24, 2.45) is 7.05 Å². The van der Waals surface area contributed by atoms with E-state index in [0.29, 0.717) is 27.6 Å². The lowest BCUT2D eigenvalue weighted by Crippen LogP contribution is -2.35. The zero-order valence-electron chi connectivity index (χ0n) is 20.7. The number of nitrogens with zero attached hydrogens (tertiary/aromatic N) is 3. The first-order valence-corrected chi connectivity index (χ1v) is 12.3. The number of aromatic nitrogens is 2. The summed E-state index contributed by atoms with van der Waals surface area (Å²) in [5.74, 6) is -2.65. The molecule has 11 heteroatoms. The molecule has 0 saturated heterocycles. The number of carboxylic acid groups (broad SMARTS) is 1. The molecule has 2 heterocycles. The minimum atomic E-state index is -1.23. The number of carbonyl (C=O) groups excluding carboxylic acids is 1. The summed E-state index contributed by atoms with van der Waals surface area (Å²) < 4.78 is 41.7. The van der Waals surface area contributed by atoms with Crippen LogP contribution in [-0.2, 0) is 20.2 Å². The van der Waals surface area contributed by atoms with Gasteiger partial charge in [-0.2, -0.15) is 5.10 Å². The predicted molar refractivity (Wildman–Crippen MR) is 138 cm³/mol. The summed E-state index contributed by atoms with van der Waals surface area (Å²) in [6.07, 6.45) is 0. The maximum absolute atomic E-state index is 14.5. The largest absolute Gasteiger partial charge is 0.489 e. The number of rotatable bonds is 8. The van der Waals surface area contributed by atoms with Crippen molar-refractivity contribution in [3.63, 3.8) is 0 Å². The van der Waals surface area contributed by atoms with Crippen LogP contribution in [0.3, 0.4) is 0 Å². The Labute approximate surface area is 226 Å². The topological polar surface area (TPSA) is 93.9 Å². The van der Waals surface area contributed by atoms with E-state index in [1.54, 1.807) is 48.1 Å². The summed E-state index contributed by atoms with van der Waals surface area (Å²) in [6.45, 7) is -0.278.